The third-order valence-corrected chi connectivity index (χ3v) is 6.03. The van der Waals surface area contributed by atoms with Crippen molar-refractivity contribution in [3.05, 3.63) is 70.9 Å². The van der Waals surface area contributed by atoms with Crippen molar-refractivity contribution in [3.8, 4) is 0 Å². The summed E-state index contributed by atoms with van der Waals surface area (Å²) in [6.07, 6.45) is 1.36. The fourth-order valence-electron chi connectivity index (χ4n) is 4.15. The Kier molecular flexibility index (Phi) is 10.1. The molecule has 39 heavy (non-hydrogen) atoms. The highest BCUT2D eigenvalue weighted by Gasteiger charge is 2.36. The van der Waals surface area contributed by atoms with Gasteiger partial charge in [-0.3, -0.25) is 4.90 Å². The molecule has 0 spiro atoms. The van der Waals surface area contributed by atoms with E-state index in [4.69, 9.17) is 9.47 Å². The van der Waals surface area contributed by atoms with Gasteiger partial charge in [0.1, 0.15) is 0 Å². The van der Waals surface area contributed by atoms with E-state index in [2.05, 4.69) is 16.0 Å². The fourth-order valence-corrected chi connectivity index (χ4v) is 4.15. The number of nitrogens with one attached hydrogen (secondary N) is 3. The van der Waals surface area contributed by atoms with Gasteiger partial charge in [0, 0.05) is 23.6 Å². The monoisotopic (exact) mass is 536 g/mol. The highest BCUT2D eigenvalue weighted by molar-refractivity contribution is 6.00. The van der Waals surface area contributed by atoms with Gasteiger partial charge in [-0.15, -0.1) is 0 Å². The lowest BCUT2D eigenvalue weighted by Gasteiger charge is -2.35. The first-order chi connectivity index (χ1) is 18.6. The predicted molar refractivity (Wildman–Crippen MR) is 148 cm³/mol. The van der Waals surface area contributed by atoms with E-state index in [1.165, 1.54) is 0 Å². The SMILES string of the molecule is CCCCN1C(=O)NC(c2cccc(NC(=O)Nc3ccc(C(=O)OCC)cc3)c2)C(C(=O)OC(C)C)=C1C. The van der Waals surface area contributed by atoms with Crippen molar-refractivity contribution in [2.75, 3.05) is 23.8 Å². The van der Waals surface area contributed by atoms with Gasteiger partial charge in [0.25, 0.3) is 0 Å². The van der Waals surface area contributed by atoms with Gasteiger partial charge < -0.3 is 25.4 Å². The maximum Gasteiger partial charge on any atom is 0.338 e. The fraction of sp³-hybridized carbons (Fsp3) is 0.379. The summed E-state index contributed by atoms with van der Waals surface area (Å²) in [5.41, 5.74) is 2.84. The van der Waals surface area contributed by atoms with E-state index < -0.39 is 24.0 Å². The standard InChI is InChI=1S/C29H36N4O6/c1-6-8-16-33-19(5)24(27(35)39-18(3)4)25(32-29(33)37)21-10-9-11-23(17-21)31-28(36)30-22-14-12-20(13-15-22)26(34)38-7-2/h9-15,17-18,25H,6-8,16H2,1-5H3,(H,32,37)(H2,30,31,36). The first-order valence-corrected chi connectivity index (χ1v) is 13.1. The lowest BCUT2D eigenvalue weighted by molar-refractivity contribution is -0.143. The number of hydrogen-bond acceptors (Lipinski definition) is 6. The molecule has 208 valence electrons. The lowest BCUT2D eigenvalue weighted by atomic mass is 9.94. The van der Waals surface area contributed by atoms with Gasteiger partial charge in [0.05, 0.1) is 29.9 Å². The molecule has 10 nitrogen and oxygen atoms in total. The first kappa shape index (κ1) is 29.2. The number of carbonyl (C=O) groups is 4. The van der Waals surface area contributed by atoms with E-state index in [1.807, 2.05) is 6.92 Å². The number of nitrogens with zero attached hydrogens (tertiary/aromatic N) is 1. The predicted octanol–water partition coefficient (Wildman–Crippen LogP) is 5.60. The minimum atomic E-state index is -0.748. The second-order valence-corrected chi connectivity index (χ2v) is 9.34. The van der Waals surface area contributed by atoms with Crippen LogP contribution < -0.4 is 16.0 Å². The molecule has 2 aromatic carbocycles. The molecule has 1 unspecified atom stereocenters. The third-order valence-electron chi connectivity index (χ3n) is 6.03. The zero-order valence-electron chi connectivity index (χ0n) is 23.0. The lowest BCUT2D eigenvalue weighted by Crippen LogP contribution is -2.48. The molecule has 3 rings (SSSR count). The summed E-state index contributed by atoms with van der Waals surface area (Å²) < 4.78 is 10.5. The molecule has 0 aliphatic carbocycles. The number of rotatable bonds is 10. The van der Waals surface area contributed by atoms with E-state index in [0.29, 0.717) is 40.3 Å². The summed E-state index contributed by atoms with van der Waals surface area (Å²) in [5.74, 6) is -0.939. The number of hydrogen-bond donors (Lipinski definition) is 3. The molecule has 4 amide bonds. The maximum absolute atomic E-state index is 13.1. The maximum atomic E-state index is 13.1. The Morgan fingerprint density at radius 1 is 1.00 bits per heavy atom. The quantitative estimate of drug-likeness (QED) is 0.340. The number of ether oxygens (including phenoxy) is 2. The van der Waals surface area contributed by atoms with E-state index in [0.717, 1.165) is 12.8 Å². The van der Waals surface area contributed by atoms with Crippen LogP contribution in [0.2, 0.25) is 0 Å². The molecule has 0 saturated heterocycles. The van der Waals surface area contributed by atoms with Gasteiger partial charge in [-0.2, -0.15) is 0 Å². The van der Waals surface area contributed by atoms with E-state index in [9.17, 15) is 19.2 Å². The topological polar surface area (TPSA) is 126 Å². The Balaban J connectivity index is 1.80. The van der Waals surface area contributed by atoms with Crippen LogP contribution in [-0.4, -0.2) is 48.2 Å². The highest BCUT2D eigenvalue weighted by atomic mass is 16.5. The molecule has 1 aliphatic rings. The average Bonchev–Trinajstić information content (AvgIpc) is 2.88. The van der Waals surface area contributed by atoms with Crippen LogP contribution in [0.1, 0.15) is 69.4 Å². The number of unbranched alkanes of at least 4 members (excludes halogenated alkanes) is 1. The molecule has 10 heteroatoms. The number of amides is 4. The molecule has 0 radical (unpaired) electrons. The van der Waals surface area contributed by atoms with Crippen molar-refractivity contribution in [2.24, 2.45) is 0 Å². The number of benzene rings is 2. The summed E-state index contributed by atoms with van der Waals surface area (Å²) >= 11 is 0. The number of urea groups is 2. The van der Waals surface area contributed by atoms with E-state index >= 15 is 0 Å². The Morgan fingerprint density at radius 2 is 1.69 bits per heavy atom. The summed E-state index contributed by atoms with van der Waals surface area (Å²) in [6, 6.07) is 11.7. The van der Waals surface area contributed by atoms with Crippen LogP contribution in [0, 0.1) is 0 Å². The first-order valence-electron chi connectivity index (χ1n) is 13.1. The normalized spacial score (nSPS) is 15.1. The molecular weight excluding hydrogens is 500 g/mol. The zero-order valence-corrected chi connectivity index (χ0v) is 23.0. The van der Waals surface area contributed by atoms with Crippen LogP contribution in [0.25, 0.3) is 0 Å². The number of anilines is 2. The Bertz CT molecular complexity index is 1240. The van der Waals surface area contributed by atoms with Crippen molar-refractivity contribution in [1.29, 1.82) is 0 Å². The molecule has 0 bridgehead atoms. The summed E-state index contributed by atoms with van der Waals surface area (Å²) in [5, 5.41) is 8.41. The highest BCUT2D eigenvalue weighted by Crippen LogP contribution is 2.33. The second-order valence-electron chi connectivity index (χ2n) is 9.34. The van der Waals surface area contributed by atoms with E-state index in [-0.39, 0.29) is 18.7 Å². The van der Waals surface area contributed by atoms with Crippen molar-refractivity contribution >= 4 is 35.4 Å². The Hall–Kier alpha value is -4.34. The van der Waals surface area contributed by atoms with Gasteiger partial charge >= 0.3 is 24.0 Å². The number of carbonyl (C=O) groups excluding carboxylic acids is 4. The number of esters is 2. The third kappa shape index (κ3) is 7.59. The molecule has 1 heterocycles. The second kappa shape index (κ2) is 13.5. The molecule has 0 aromatic heterocycles. The van der Waals surface area contributed by atoms with Crippen LogP contribution in [0.15, 0.2) is 59.8 Å². The summed E-state index contributed by atoms with van der Waals surface area (Å²) in [7, 11) is 0. The molecule has 1 aliphatic heterocycles. The van der Waals surface area contributed by atoms with Crippen molar-refractivity contribution in [1.82, 2.24) is 10.2 Å². The van der Waals surface area contributed by atoms with Crippen LogP contribution >= 0.6 is 0 Å². The zero-order chi connectivity index (χ0) is 28.5. The summed E-state index contributed by atoms with van der Waals surface area (Å²) in [6.45, 7) is 9.82. The van der Waals surface area contributed by atoms with Crippen molar-refractivity contribution in [2.45, 2.75) is 59.6 Å². The largest absolute Gasteiger partial charge is 0.462 e. The molecular formula is C29H36N4O6. The van der Waals surface area contributed by atoms with Gasteiger partial charge in [-0.05, 0) is 76.1 Å². The minimum Gasteiger partial charge on any atom is -0.462 e. The van der Waals surface area contributed by atoms with Crippen molar-refractivity contribution < 1.29 is 28.7 Å². The number of allylic oxidation sites excluding steroid dienone is 1. The van der Waals surface area contributed by atoms with Crippen molar-refractivity contribution in [3.63, 3.8) is 0 Å². The van der Waals surface area contributed by atoms with Gasteiger partial charge in [0.15, 0.2) is 0 Å². The van der Waals surface area contributed by atoms with Crippen LogP contribution in [0.4, 0.5) is 21.0 Å². The van der Waals surface area contributed by atoms with Crippen LogP contribution in [0.5, 0.6) is 0 Å². The molecule has 1 atom stereocenters. The average molecular weight is 537 g/mol. The van der Waals surface area contributed by atoms with Gasteiger partial charge in [-0.25, -0.2) is 19.2 Å². The van der Waals surface area contributed by atoms with Gasteiger partial charge in [0.2, 0.25) is 0 Å². The molecule has 0 saturated carbocycles. The molecule has 3 N–H and O–H groups in total. The summed E-state index contributed by atoms with van der Waals surface area (Å²) in [4.78, 5) is 52.2. The van der Waals surface area contributed by atoms with Gasteiger partial charge in [-0.1, -0.05) is 25.5 Å². The van der Waals surface area contributed by atoms with Crippen LogP contribution in [0.3, 0.4) is 0 Å². The minimum absolute atomic E-state index is 0.276. The van der Waals surface area contributed by atoms with Crippen LogP contribution in [-0.2, 0) is 14.3 Å². The Labute approximate surface area is 228 Å². The Morgan fingerprint density at radius 3 is 2.33 bits per heavy atom. The van der Waals surface area contributed by atoms with E-state index in [1.54, 1.807) is 81.1 Å². The molecule has 0 fully saturated rings. The molecule has 2 aromatic rings. The smallest absolute Gasteiger partial charge is 0.338 e.